The number of aromatic nitrogens is 1. The third-order valence-electron chi connectivity index (χ3n) is 4.87. The Balaban J connectivity index is 1.53. The molecule has 3 N–H and O–H groups in total. The molecule has 1 aliphatic heterocycles. The van der Waals surface area contributed by atoms with Gasteiger partial charge in [-0.05, 0) is 36.1 Å². The highest BCUT2D eigenvalue weighted by molar-refractivity contribution is 5.73. The highest BCUT2D eigenvalue weighted by atomic mass is 16.2. The number of piperazine rings is 1. The van der Waals surface area contributed by atoms with Crippen molar-refractivity contribution in [2.24, 2.45) is 5.84 Å². The number of nitrogens with one attached hydrogen (secondary N) is 1. The SMILES string of the molecule is CC(=O)N1CCN(c2ccc(CCc3cccc(CNN)c3)nc2)CC1. The van der Waals surface area contributed by atoms with Crippen molar-refractivity contribution in [1.29, 1.82) is 0 Å². The number of benzene rings is 1. The molecule has 3 rings (SSSR count). The summed E-state index contributed by atoms with van der Waals surface area (Å²) < 4.78 is 0. The van der Waals surface area contributed by atoms with E-state index in [9.17, 15) is 4.79 Å². The summed E-state index contributed by atoms with van der Waals surface area (Å²) in [6.45, 7) is 5.60. The molecule has 138 valence electrons. The number of hydrazine groups is 1. The number of carbonyl (C=O) groups excluding carboxylic acids is 1. The van der Waals surface area contributed by atoms with Crippen LogP contribution in [-0.2, 0) is 24.2 Å². The molecule has 6 nitrogen and oxygen atoms in total. The van der Waals surface area contributed by atoms with Crippen LogP contribution in [0, 0.1) is 0 Å². The number of rotatable bonds is 6. The summed E-state index contributed by atoms with van der Waals surface area (Å²) in [5, 5.41) is 0. The molecule has 1 aromatic heterocycles. The molecule has 1 amide bonds. The van der Waals surface area contributed by atoms with Gasteiger partial charge in [-0.25, -0.2) is 0 Å². The lowest BCUT2D eigenvalue weighted by Gasteiger charge is -2.35. The van der Waals surface area contributed by atoms with Gasteiger partial charge < -0.3 is 9.80 Å². The molecule has 1 aliphatic rings. The molecule has 0 spiro atoms. The van der Waals surface area contributed by atoms with Gasteiger partial charge in [0.1, 0.15) is 0 Å². The first-order valence-corrected chi connectivity index (χ1v) is 9.12. The Morgan fingerprint density at radius 3 is 2.54 bits per heavy atom. The minimum atomic E-state index is 0.157. The Morgan fingerprint density at radius 1 is 1.12 bits per heavy atom. The normalized spacial score (nSPS) is 14.5. The first-order chi connectivity index (χ1) is 12.7. The third kappa shape index (κ3) is 4.80. The van der Waals surface area contributed by atoms with Gasteiger partial charge in [0.15, 0.2) is 0 Å². The van der Waals surface area contributed by atoms with Crippen LogP contribution in [0.15, 0.2) is 42.6 Å². The number of amides is 1. The van der Waals surface area contributed by atoms with E-state index in [2.05, 4.69) is 51.7 Å². The van der Waals surface area contributed by atoms with Gasteiger partial charge in [0.2, 0.25) is 5.91 Å². The van der Waals surface area contributed by atoms with Crippen molar-refractivity contribution in [3.05, 3.63) is 59.4 Å². The highest BCUT2D eigenvalue weighted by Gasteiger charge is 2.18. The van der Waals surface area contributed by atoms with E-state index < -0.39 is 0 Å². The molecule has 0 aliphatic carbocycles. The number of nitrogens with zero attached hydrogens (tertiary/aromatic N) is 3. The fourth-order valence-electron chi connectivity index (χ4n) is 3.32. The lowest BCUT2D eigenvalue weighted by molar-refractivity contribution is -0.129. The number of aryl methyl sites for hydroxylation is 2. The van der Waals surface area contributed by atoms with Gasteiger partial charge in [-0.1, -0.05) is 24.3 Å². The molecule has 0 saturated carbocycles. The van der Waals surface area contributed by atoms with E-state index in [1.165, 1.54) is 11.1 Å². The molecule has 1 saturated heterocycles. The molecule has 0 atom stereocenters. The molecular formula is C20H27N5O. The Hall–Kier alpha value is -2.44. The second-order valence-electron chi connectivity index (χ2n) is 6.70. The minimum Gasteiger partial charge on any atom is -0.367 e. The van der Waals surface area contributed by atoms with Crippen LogP contribution in [0.1, 0.15) is 23.7 Å². The van der Waals surface area contributed by atoms with Gasteiger partial charge in [0.25, 0.3) is 0 Å². The average molecular weight is 353 g/mol. The minimum absolute atomic E-state index is 0.157. The fourth-order valence-corrected chi connectivity index (χ4v) is 3.32. The van der Waals surface area contributed by atoms with Crippen LogP contribution in [-0.4, -0.2) is 42.0 Å². The summed E-state index contributed by atoms with van der Waals surface area (Å²) in [5.41, 5.74) is 7.41. The van der Waals surface area contributed by atoms with E-state index in [-0.39, 0.29) is 5.91 Å². The van der Waals surface area contributed by atoms with Crippen molar-refractivity contribution in [2.75, 3.05) is 31.1 Å². The number of carbonyl (C=O) groups is 1. The van der Waals surface area contributed by atoms with E-state index in [1.54, 1.807) is 6.92 Å². The second-order valence-corrected chi connectivity index (χ2v) is 6.70. The van der Waals surface area contributed by atoms with Gasteiger partial charge in [-0.2, -0.15) is 0 Å². The van der Waals surface area contributed by atoms with Crippen LogP contribution in [0.5, 0.6) is 0 Å². The molecule has 0 radical (unpaired) electrons. The Bertz CT molecular complexity index is 723. The summed E-state index contributed by atoms with van der Waals surface area (Å²) >= 11 is 0. The van der Waals surface area contributed by atoms with E-state index in [0.29, 0.717) is 6.54 Å². The fraction of sp³-hybridized carbons (Fsp3) is 0.400. The summed E-state index contributed by atoms with van der Waals surface area (Å²) in [6.07, 6.45) is 3.83. The van der Waals surface area contributed by atoms with Crippen molar-refractivity contribution in [1.82, 2.24) is 15.3 Å². The van der Waals surface area contributed by atoms with Crippen molar-refractivity contribution in [3.8, 4) is 0 Å². The van der Waals surface area contributed by atoms with Crippen LogP contribution >= 0.6 is 0 Å². The lowest BCUT2D eigenvalue weighted by Crippen LogP contribution is -2.48. The molecular weight excluding hydrogens is 326 g/mol. The summed E-state index contributed by atoms with van der Waals surface area (Å²) in [6, 6.07) is 12.7. The van der Waals surface area contributed by atoms with Gasteiger partial charge >= 0.3 is 0 Å². The summed E-state index contributed by atoms with van der Waals surface area (Å²) in [4.78, 5) is 20.2. The Morgan fingerprint density at radius 2 is 1.88 bits per heavy atom. The number of hydrogen-bond donors (Lipinski definition) is 2. The topological polar surface area (TPSA) is 74.5 Å². The molecule has 26 heavy (non-hydrogen) atoms. The molecule has 0 bridgehead atoms. The summed E-state index contributed by atoms with van der Waals surface area (Å²) in [7, 11) is 0. The molecule has 2 aromatic rings. The van der Waals surface area contributed by atoms with Crippen LogP contribution in [0.3, 0.4) is 0 Å². The quantitative estimate of drug-likeness (QED) is 0.608. The number of nitrogens with two attached hydrogens (primary N) is 1. The van der Waals surface area contributed by atoms with Crippen molar-refractivity contribution < 1.29 is 4.79 Å². The number of anilines is 1. The van der Waals surface area contributed by atoms with Crippen molar-refractivity contribution in [2.45, 2.75) is 26.3 Å². The van der Waals surface area contributed by atoms with Crippen LogP contribution in [0.2, 0.25) is 0 Å². The predicted octanol–water partition coefficient (Wildman–Crippen LogP) is 1.50. The summed E-state index contributed by atoms with van der Waals surface area (Å²) in [5.74, 6) is 5.55. The molecule has 6 heteroatoms. The van der Waals surface area contributed by atoms with Crippen molar-refractivity contribution in [3.63, 3.8) is 0 Å². The van der Waals surface area contributed by atoms with Gasteiger partial charge in [0.05, 0.1) is 11.9 Å². The van der Waals surface area contributed by atoms with Gasteiger partial charge in [-0.3, -0.25) is 21.0 Å². The zero-order valence-electron chi connectivity index (χ0n) is 15.3. The lowest BCUT2D eigenvalue weighted by atomic mass is 10.0. The molecule has 0 unspecified atom stereocenters. The number of hydrogen-bond acceptors (Lipinski definition) is 5. The largest absolute Gasteiger partial charge is 0.367 e. The molecule has 1 fully saturated rings. The molecule has 2 heterocycles. The zero-order valence-corrected chi connectivity index (χ0v) is 15.3. The maximum atomic E-state index is 11.4. The standard InChI is InChI=1S/C20H27N5O/c1-16(26)24-9-11-25(12-10-24)20-8-7-19(22-15-20)6-5-17-3-2-4-18(13-17)14-23-21/h2-4,7-8,13,15,23H,5-6,9-12,14,21H2,1H3. The maximum Gasteiger partial charge on any atom is 0.219 e. The van der Waals surface area contributed by atoms with E-state index in [4.69, 9.17) is 5.84 Å². The van der Waals surface area contributed by atoms with E-state index >= 15 is 0 Å². The van der Waals surface area contributed by atoms with Gasteiger partial charge in [0, 0.05) is 45.3 Å². The van der Waals surface area contributed by atoms with Crippen molar-refractivity contribution >= 4 is 11.6 Å². The Kier molecular flexibility index (Phi) is 6.20. The van der Waals surface area contributed by atoms with E-state index in [0.717, 1.165) is 50.4 Å². The van der Waals surface area contributed by atoms with E-state index in [1.807, 2.05) is 11.1 Å². The molecule has 1 aromatic carbocycles. The van der Waals surface area contributed by atoms with Crippen LogP contribution < -0.4 is 16.2 Å². The average Bonchev–Trinajstić information content (AvgIpc) is 2.67. The number of pyridine rings is 1. The van der Waals surface area contributed by atoms with Crippen LogP contribution in [0.25, 0.3) is 0 Å². The zero-order chi connectivity index (χ0) is 18.4. The van der Waals surface area contributed by atoms with Crippen LogP contribution in [0.4, 0.5) is 5.69 Å². The first kappa shape index (κ1) is 18.4. The second kappa shape index (κ2) is 8.78. The Labute approximate surface area is 155 Å². The van der Waals surface area contributed by atoms with Gasteiger partial charge in [-0.15, -0.1) is 0 Å². The maximum absolute atomic E-state index is 11.4. The third-order valence-corrected chi connectivity index (χ3v) is 4.87. The smallest absolute Gasteiger partial charge is 0.219 e. The predicted molar refractivity (Wildman–Crippen MR) is 104 cm³/mol. The highest BCUT2D eigenvalue weighted by Crippen LogP contribution is 2.17. The monoisotopic (exact) mass is 353 g/mol. The first-order valence-electron chi connectivity index (χ1n) is 9.12.